The van der Waals surface area contributed by atoms with Gasteiger partial charge in [0.15, 0.2) is 5.11 Å². The Morgan fingerprint density at radius 3 is 2.02 bits per heavy atom. The lowest BCUT2D eigenvalue weighted by Gasteiger charge is -2.40. The Labute approximate surface area is 318 Å². The van der Waals surface area contributed by atoms with Crippen LogP contribution in [0.25, 0.3) is 22.3 Å². The molecule has 280 valence electrons. The Morgan fingerprint density at radius 1 is 0.759 bits per heavy atom. The molecule has 54 heavy (non-hydrogen) atoms. The second-order valence-electron chi connectivity index (χ2n) is 14.0. The molecule has 0 saturated carbocycles. The van der Waals surface area contributed by atoms with Crippen LogP contribution in [0.15, 0.2) is 121 Å². The average Bonchev–Trinajstić information content (AvgIpc) is 3.44. The van der Waals surface area contributed by atoms with Crippen molar-refractivity contribution in [3.05, 3.63) is 144 Å². The Kier molecular flexibility index (Phi) is 11.1. The van der Waals surface area contributed by atoms with E-state index in [1.165, 1.54) is 12.1 Å². The van der Waals surface area contributed by atoms with Gasteiger partial charge >= 0.3 is 0 Å². The molecule has 0 radical (unpaired) electrons. The lowest BCUT2D eigenvalue weighted by atomic mass is 9.89. The maximum atomic E-state index is 13.6. The Balaban J connectivity index is 1.19. The highest BCUT2D eigenvalue weighted by Gasteiger charge is 2.45. The molecule has 5 aromatic rings. The second-order valence-corrected chi connectivity index (χ2v) is 14.3. The molecule has 0 amide bonds. The van der Waals surface area contributed by atoms with E-state index in [0.29, 0.717) is 34.6 Å². The van der Waals surface area contributed by atoms with Gasteiger partial charge in [0, 0.05) is 18.3 Å². The lowest BCUT2D eigenvalue weighted by Crippen LogP contribution is -2.55. The highest BCUT2D eigenvalue weighted by Crippen LogP contribution is 2.45. The van der Waals surface area contributed by atoms with E-state index in [0.717, 1.165) is 27.9 Å². The standard InChI is InChI=1S/C43H43FN2O7S/c1-45-34(21-22-35(48)28-11-16-31(44)17-12-28)38(46(43(45)54)32-18-13-26(14-19-32)25-5-3-2-4-6-25)33-20-15-30(23-36(33)49)27-7-9-29(10-8-27)42-41(52)40(51)39(50)37(24-47)53-42/h2-20,23,34-35,37-42,47-52H,21-22,24H2,1H3/t34-,35-,37+,38+,39+,40-,41+,42-/m0/s1. The molecule has 8 atom stereocenters. The molecule has 9 nitrogen and oxygen atoms in total. The third-order valence-corrected chi connectivity index (χ3v) is 11.2. The van der Waals surface area contributed by atoms with Gasteiger partial charge in [-0.05, 0) is 88.8 Å². The van der Waals surface area contributed by atoms with Crippen LogP contribution >= 0.6 is 12.2 Å². The minimum Gasteiger partial charge on any atom is -0.508 e. The van der Waals surface area contributed by atoms with Crippen LogP contribution in [0.4, 0.5) is 10.1 Å². The molecule has 2 heterocycles. The summed E-state index contributed by atoms with van der Waals surface area (Å²) in [6, 6.07) is 36.0. The van der Waals surface area contributed by atoms with Crippen molar-refractivity contribution in [3.63, 3.8) is 0 Å². The van der Waals surface area contributed by atoms with E-state index < -0.39 is 49.3 Å². The number of aliphatic hydroxyl groups excluding tert-OH is 5. The summed E-state index contributed by atoms with van der Waals surface area (Å²) >= 11 is 6.06. The number of hydrogen-bond donors (Lipinski definition) is 6. The molecular weight excluding hydrogens is 708 g/mol. The van der Waals surface area contributed by atoms with Gasteiger partial charge < -0.3 is 45.2 Å². The summed E-state index contributed by atoms with van der Waals surface area (Å²) in [7, 11) is 1.92. The number of phenols is 1. The van der Waals surface area contributed by atoms with Crippen LogP contribution in [0.2, 0.25) is 0 Å². The van der Waals surface area contributed by atoms with E-state index in [4.69, 9.17) is 17.0 Å². The molecule has 2 aliphatic rings. The van der Waals surface area contributed by atoms with Crippen LogP contribution in [-0.2, 0) is 4.74 Å². The van der Waals surface area contributed by atoms with E-state index in [2.05, 4.69) is 12.1 Å². The second kappa shape index (κ2) is 15.9. The normalized spacial score (nSPS) is 24.9. The number of benzene rings is 5. The van der Waals surface area contributed by atoms with Gasteiger partial charge in [-0.25, -0.2) is 4.39 Å². The molecular formula is C43H43FN2O7S. The molecule has 0 unspecified atom stereocenters. The van der Waals surface area contributed by atoms with Crippen LogP contribution in [0.5, 0.6) is 5.75 Å². The van der Waals surface area contributed by atoms with Gasteiger partial charge in [-0.3, -0.25) is 0 Å². The van der Waals surface area contributed by atoms with Crippen molar-refractivity contribution in [3.8, 4) is 28.0 Å². The summed E-state index contributed by atoms with van der Waals surface area (Å²) in [5, 5.41) is 64.1. The Morgan fingerprint density at radius 2 is 1.37 bits per heavy atom. The van der Waals surface area contributed by atoms with E-state index >= 15 is 0 Å². The van der Waals surface area contributed by atoms with E-state index in [1.54, 1.807) is 30.3 Å². The van der Waals surface area contributed by atoms with Gasteiger partial charge in [0.2, 0.25) is 0 Å². The molecule has 6 N–H and O–H groups in total. The average molecular weight is 751 g/mol. The third kappa shape index (κ3) is 7.36. The molecule has 5 aromatic carbocycles. The quantitative estimate of drug-likeness (QED) is 0.0938. The van der Waals surface area contributed by atoms with Gasteiger partial charge in [-0.2, -0.15) is 0 Å². The maximum absolute atomic E-state index is 13.6. The summed E-state index contributed by atoms with van der Waals surface area (Å²) in [6.07, 6.45) is -6.23. The predicted octanol–water partition coefficient (Wildman–Crippen LogP) is 6.04. The highest BCUT2D eigenvalue weighted by molar-refractivity contribution is 7.80. The fraction of sp³-hybridized carbons (Fsp3) is 0.279. The number of anilines is 1. The van der Waals surface area contributed by atoms with Gasteiger partial charge in [0.25, 0.3) is 0 Å². The minimum absolute atomic E-state index is 0.0589. The Bertz CT molecular complexity index is 2050. The topological polar surface area (TPSA) is 137 Å². The van der Waals surface area contributed by atoms with Crippen molar-refractivity contribution in [2.75, 3.05) is 18.6 Å². The van der Waals surface area contributed by atoms with E-state index in [9.17, 15) is 35.0 Å². The molecule has 2 fully saturated rings. The van der Waals surface area contributed by atoms with Gasteiger partial charge in [-0.1, -0.05) is 91.0 Å². The fourth-order valence-electron chi connectivity index (χ4n) is 7.62. The van der Waals surface area contributed by atoms with E-state index in [1.807, 2.05) is 83.6 Å². The van der Waals surface area contributed by atoms with Crippen molar-refractivity contribution in [1.29, 1.82) is 0 Å². The molecule has 11 heteroatoms. The van der Waals surface area contributed by atoms with Crippen LogP contribution in [0.3, 0.4) is 0 Å². The number of aromatic hydroxyl groups is 1. The molecule has 2 aliphatic heterocycles. The van der Waals surface area contributed by atoms with Crippen LogP contribution in [-0.4, -0.2) is 84.8 Å². The summed E-state index contributed by atoms with van der Waals surface area (Å²) in [6.45, 7) is -0.515. The number of hydrogen-bond acceptors (Lipinski definition) is 8. The molecule has 0 aliphatic carbocycles. The zero-order chi connectivity index (χ0) is 38.1. The zero-order valence-corrected chi connectivity index (χ0v) is 30.4. The number of ether oxygens (including phenoxy) is 1. The van der Waals surface area contributed by atoms with E-state index in [-0.39, 0.29) is 17.6 Å². The lowest BCUT2D eigenvalue weighted by molar-refractivity contribution is -0.231. The monoisotopic (exact) mass is 750 g/mol. The first-order valence-corrected chi connectivity index (χ1v) is 18.4. The number of thiocarbonyl (C=S) groups is 1. The van der Waals surface area contributed by atoms with Gasteiger partial charge in [-0.15, -0.1) is 0 Å². The van der Waals surface area contributed by atoms with Crippen molar-refractivity contribution >= 4 is 23.0 Å². The first-order valence-electron chi connectivity index (χ1n) is 17.9. The smallest absolute Gasteiger partial charge is 0.176 e. The summed E-state index contributed by atoms with van der Waals surface area (Å²) in [5.74, 6) is -0.312. The first-order chi connectivity index (χ1) is 26.0. The fourth-order valence-corrected chi connectivity index (χ4v) is 7.98. The summed E-state index contributed by atoms with van der Waals surface area (Å²) < 4.78 is 19.3. The number of likely N-dealkylation sites (N-methyl/N-ethyl adjacent to an activating group) is 1. The van der Waals surface area contributed by atoms with Crippen LogP contribution in [0.1, 0.15) is 47.8 Å². The number of phenolic OH excluding ortho intramolecular Hbond substituents is 1. The van der Waals surface area contributed by atoms with Gasteiger partial charge in [0.05, 0.1) is 24.8 Å². The minimum atomic E-state index is -1.48. The van der Waals surface area contributed by atoms with Crippen molar-refractivity contribution < 1.29 is 39.8 Å². The van der Waals surface area contributed by atoms with Crippen molar-refractivity contribution in [1.82, 2.24) is 4.90 Å². The van der Waals surface area contributed by atoms with Crippen molar-refractivity contribution in [2.24, 2.45) is 0 Å². The Hall–Kier alpha value is -4.72. The maximum Gasteiger partial charge on any atom is 0.176 e. The zero-order valence-electron chi connectivity index (χ0n) is 29.6. The third-order valence-electron chi connectivity index (χ3n) is 10.7. The highest BCUT2D eigenvalue weighted by atomic mass is 32.1. The van der Waals surface area contributed by atoms with Crippen LogP contribution in [0, 0.1) is 5.82 Å². The number of halogens is 1. The first kappa shape index (κ1) is 37.6. The van der Waals surface area contributed by atoms with Crippen molar-refractivity contribution in [2.45, 2.75) is 61.5 Å². The van der Waals surface area contributed by atoms with Gasteiger partial charge in [0.1, 0.15) is 42.1 Å². The number of rotatable bonds is 10. The summed E-state index contributed by atoms with van der Waals surface area (Å²) in [5.41, 5.74) is 6.32. The number of aliphatic hydroxyl groups is 5. The predicted molar refractivity (Wildman–Crippen MR) is 208 cm³/mol. The molecule has 0 aromatic heterocycles. The SMILES string of the molecule is CN1C(=S)N(c2ccc(-c3ccccc3)cc2)[C@H](c2ccc(-c3ccc([C@@H]4O[C@H](CO)[C@@H](O)[C@H](O)[C@H]4O)cc3)cc2O)[C@@H]1CC[C@H](O)c1ccc(F)cc1. The van der Waals surface area contributed by atoms with Crippen LogP contribution < -0.4 is 4.90 Å². The largest absolute Gasteiger partial charge is 0.508 e. The molecule has 2 saturated heterocycles. The molecule has 0 bridgehead atoms. The molecule has 7 rings (SSSR count). The molecule has 0 spiro atoms. The number of nitrogens with zero attached hydrogens (tertiary/aromatic N) is 2. The summed E-state index contributed by atoms with van der Waals surface area (Å²) in [4.78, 5) is 4.05.